The highest BCUT2D eigenvalue weighted by atomic mass is 35.5. The van der Waals surface area contributed by atoms with E-state index >= 15 is 0 Å². The number of pyridine rings is 1. The van der Waals surface area contributed by atoms with Gasteiger partial charge in [0.25, 0.3) is 5.56 Å². The second-order valence-corrected chi connectivity index (χ2v) is 3.82. The largest absolute Gasteiger partial charge is 0.483 e. The summed E-state index contributed by atoms with van der Waals surface area (Å²) >= 11 is 5.62. The SMILES string of the molecule is O=c1[nH]cccc1OCc1ccc(Cl)cc1F. The molecule has 0 saturated heterocycles. The number of hydrogen-bond donors (Lipinski definition) is 1. The first-order chi connectivity index (χ1) is 8.16. The molecule has 0 radical (unpaired) electrons. The van der Waals surface area contributed by atoms with Crippen LogP contribution in [0.3, 0.4) is 0 Å². The Balaban J connectivity index is 2.13. The number of benzene rings is 1. The van der Waals surface area contributed by atoms with Crippen molar-refractivity contribution in [1.29, 1.82) is 0 Å². The van der Waals surface area contributed by atoms with Crippen molar-refractivity contribution in [2.24, 2.45) is 0 Å². The molecule has 1 heterocycles. The minimum absolute atomic E-state index is 0.0178. The van der Waals surface area contributed by atoms with E-state index in [9.17, 15) is 9.18 Å². The van der Waals surface area contributed by atoms with Gasteiger partial charge in [-0.2, -0.15) is 0 Å². The average molecular weight is 254 g/mol. The lowest BCUT2D eigenvalue weighted by Gasteiger charge is -2.06. The molecule has 0 fully saturated rings. The molecule has 0 aliphatic carbocycles. The Labute approximate surface area is 102 Å². The summed E-state index contributed by atoms with van der Waals surface area (Å²) in [4.78, 5) is 13.7. The Hall–Kier alpha value is -1.81. The first kappa shape index (κ1) is 11.7. The molecule has 2 rings (SSSR count). The maximum Gasteiger partial charge on any atom is 0.290 e. The van der Waals surface area contributed by atoms with Gasteiger partial charge in [0, 0.05) is 16.8 Å². The summed E-state index contributed by atoms with van der Waals surface area (Å²) in [5.74, 6) is -0.299. The number of aromatic nitrogens is 1. The molecule has 0 atom stereocenters. The fraction of sp³-hybridized carbons (Fsp3) is 0.0833. The average Bonchev–Trinajstić information content (AvgIpc) is 2.30. The topological polar surface area (TPSA) is 42.1 Å². The Morgan fingerprint density at radius 1 is 1.35 bits per heavy atom. The van der Waals surface area contributed by atoms with Crippen molar-refractivity contribution < 1.29 is 9.13 Å². The smallest absolute Gasteiger partial charge is 0.290 e. The Morgan fingerprint density at radius 3 is 2.88 bits per heavy atom. The zero-order valence-electron chi connectivity index (χ0n) is 8.74. The van der Waals surface area contributed by atoms with Crippen LogP contribution >= 0.6 is 11.6 Å². The number of rotatable bonds is 3. The highest BCUT2D eigenvalue weighted by Crippen LogP contribution is 2.15. The zero-order valence-corrected chi connectivity index (χ0v) is 9.50. The van der Waals surface area contributed by atoms with E-state index in [1.807, 2.05) is 0 Å². The van der Waals surface area contributed by atoms with Gasteiger partial charge in [0.15, 0.2) is 5.75 Å². The molecular formula is C12H9ClFNO2. The molecule has 17 heavy (non-hydrogen) atoms. The Morgan fingerprint density at radius 2 is 2.18 bits per heavy atom. The minimum atomic E-state index is -0.454. The molecule has 3 nitrogen and oxygen atoms in total. The van der Waals surface area contributed by atoms with E-state index < -0.39 is 5.82 Å². The number of ether oxygens (including phenoxy) is 1. The van der Waals surface area contributed by atoms with Gasteiger partial charge in [0.05, 0.1) is 0 Å². The molecule has 0 spiro atoms. The van der Waals surface area contributed by atoms with Crippen molar-refractivity contribution in [1.82, 2.24) is 4.98 Å². The van der Waals surface area contributed by atoms with Crippen LogP contribution < -0.4 is 10.3 Å². The van der Waals surface area contributed by atoms with Crippen LogP contribution in [0.15, 0.2) is 41.3 Å². The summed E-state index contributed by atoms with van der Waals surface area (Å²) in [6.07, 6.45) is 1.50. The molecule has 0 aliphatic heterocycles. The van der Waals surface area contributed by atoms with Crippen molar-refractivity contribution in [3.05, 3.63) is 63.3 Å². The quantitative estimate of drug-likeness (QED) is 0.914. The lowest BCUT2D eigenvalue weighted by atomic mass is 10.2. The second kappa shape index (κ2) is 5.01. The predicted octanol–water partition coefficient (Wildman–Crippen LogP) is 2.75. The van der Waals surface area contributed by atoms with Gasteiger partial charge in [-0.15, -0.1) is 0 Å². The summed E-state index contributed by atoms with van der Waals surface area (Å²) in [6.45, 7) is -0.0178. The van der Waals surface area contributed by atoms with Crippen molar-refractivity contribution in [3.63, 3.8) is 0 Å². The molecule has 1 N–H and O–H groups in total. The standard InChI is InChI=1S/C12H9ClFNO2/c13-9-4-3-8(10(14)6-9)7-17-11-2-1-5-15-12(11)16/h1-6H,7H2,(H,15,16). The lowest BCUT2D eigenvalue weighted by molar-refractivity contribution is 0.295. The van der Waals surface area contributed by atoms with Gasteiger partial charge < -0.3 is 9.72 Å². The third-order valence-corrected chi connectivity index (χ3v) is 2.42. The van der Waals surface area contributed by atoms with E-state index in [1.165, 1.54) is 24.4 Å². The van der Waals surface area contributed by atoms with E-state index in [0.29, 0.717) is 10.6 Å². The predicted molar refractivity (Wildman–Crippen MR) is 62.8 cm³/mol. The van der Waals surface area contributed by atoms with Gasteiger partial charge in [-0.05, 0) is 24.3 Å². The highest BCUT2D eigenvalue weighted by molar-refractivity contribution is 6.30. The Kier molecular flexibility index (Phi) is 3.44. The minimum Gasteiger partial charge on any atom is -0.483 e. The van der Waals surface area contributed by atoms with Gasteiger partial charge in [-0.25, -0.2) is 4.39 Å². The molecule has 0 unspecified atom stereocenters. The van der Waals surface area contributed by atoms with Crippen molar-refractivity contribution in [2.75, 3.05) is 0 Å². The molecule has 0 saturated carbocycles. The molecule has 88 valence electrons. The van der Waals surface area contributed by atoms with Crippen molar-refractivity contribution >= 4 is 11.6 Å². The van der Waals surface area contributed by atoms with Gasteiger partial charge in [-0.3, -0.25) is 4.79 Å². The van der Waals surface area contributed by atoms with Gasteiger partial charge in [0.1, 0.15) is 12.4 Å². The van der Waals surface area contributed by atoms with Crippen molar-refractivity contribution in [3.8, 4) is 5.75 Å². The van der Waals surface area contributed by atoms with Gasteiger partial charge in [0.2, 0.25) is 0 Å². The maximum absolute atomic E-state index is 13.4. The van der Waals surface area contributed by atoms with Crippen LogP contribution in [0.1, 0.15) is 5.56 Å². The monoisotopic (exact) mass is 253 g/mol. The summed E-state index contributed by atoms with van der Waals surface area (Å²) in [7, 11) is 0. The lowest BCUT2D eigenvalue weighted by Crippen LogP contribution is -2.10. The molecule has 1 aromatic heterocycles. The van der Waals surface area contributed by atoms with E-state index in [-0.39, 0.29) is 17.9 Å². The van der Waals surface area contributed by atoms with E-state index in [4.69, 9.17) is 16.3 Å². The van der Waals surface area contributed by atoms with Crippen LogP contribution in [0.2, 0.25) is 5.02 Å². The number of H-pyrrole nitrogens is 1. The molecule has 0 amide bonds. The second-order valence-electron chi connectivity index (χ2n) is 3.39. The molecule has 0 bridgehead atoms. The fourth-order valence-corrected chi connectivity index (χ4v) is 1.47. The maximum atomic E-state index is 13.4. The van der Waals surface area contributed by atoms with Gasteiger partial charge >= 0.3 is 0 Å². The number of halogens is 2. The zero-order chi connectivity index (χ0) is 12.3. The van der Waals surface area contributed by atoms with E-state index in [2.05, 4.69) is 4.98 Å². The summed E-state index contributed by atoms with van der Waals surface area (Å²) in [6, 6.07) is 7.45. The van der Waals surface area contributed by atoms with Crippen LogP contribution in [-0.2, 0) is 6.61 Å². The molecular weight excluding hydrogens is 245 g/mol. The summed E-state index contributed by atoms with van der Waals surface area (Å²) < 4.78 is 18.6. The first-order valence-corrected chi connectivity index (χ1v) is 5.29. The number of hydrogen-bond acceptors (Lipinski definition) is 2. The van der Waals surface area contributed by atoms with Crippen molar-refractivity contribution in [2.45, 2.75) is 6.61 Å². The third-order valence-electron chi connectivity index (χ3n) is 2.18. The summed E-state index contributed by atoms with van der Waals surface area (Å²) in [5.41, 5.74) is -0.000440. The van der Waals surface area contributed by atoms with Crippen LogP contribution in [-0.4, -0.2) is 4.98 Å². The van der Waals surface area contributed by atoms with E-state index in [0.717, 1.165) is 0 Å². The van der Waals surface area contributed by atoms with Gasteiger partial charge in [-0.1, -0.05) is 17.7 Å². The molecule has 0 aliphatic rings. The molecule has 5 heteroatoms. The first-order valence-electron chi connectivity index (χ1n) is 4.91. The summed E-state index contributed by atoms with van der Waals surface area (Å²) in [5, 5.41) is 0.323. The van der Waals surface area contributed by atoms with Crippen LogP contribution in [0.5, 0.6) is 5.75 Å². The van der Waals surface area contributed by atoms with Crippen LogP contribution in [0.4, 0.5) is 4.39 Å². The number of aromatic amines is 1. The molecule has 1 aromatic carbocycles. The fourth-order valence-electron chi connectivity index (χ4n) is 1.31. The molecule has 2 aromatic rings. The normalized spacial score (nSPS) is 10.2. The number of nitrogens with one attached hydrogen (secondary N) is 1. The van der Waals surface area contributed by atoms with Crippen LogP contribution in [0, 0.1) is 5.82 Å². The van der Waals surface area contributed by atoms with Crippen LogP contribution in [0.25, 0.3) is 0 Å². The third kappa shape index (κ3) is 2.85. The Bertz CT molecular complexity index is 583. The highest BCUT2D eigenvalue weighted by Gasteiger charge is 2.05. The van der Waals surface area contributed by atoms with E-state index in [1.54, 1.807) is 12.1 Å².